The van der Waals surface area contributed by atoms with Crippen LogP contribution in [0.25, 0.3) is 21.9 Å². The molecule has 0 saturated carbocycles. The molecule has 0 unspecified atom stereocenters. The number of allylic oxidation sites excluding steroid dienone is 2. The summed E-state index contributed by atoms with van der Waals surface area (Å²) in [5.74, 6) is 0. The summed E-state index contributed by atoms with van der Waals surface area (Å²) in [6, 6.07) is 15.1. The van der Waals surface area contributed by atoms with Gasteiger partial charge >= 0.3 is 0 Å². The van der Waals surface area contributed by atoms with Crippen LogP contribution in [0, 0.1) is 0 Å². The molecule has 1 aliphatic rings. The van der Waals surface area contributed by atoms with Gasteiger partial charge in [-0.3, -0.25) is 0 Å². The molecule has 2 heterocycles. The lowest BCUT2D eigenvalue weighted by Crippen LogP contribution is -2.13. The molecule has 0 bridgehead atoms. The van der Waals surface area contributed by atoms with Crippen molar-refractivity contribution in [1.82, 2.24) is 4.98 Å². The molecule has 1 aromatic heterocycles. The van der Waals surface area contributed by atoms with Gasteiger partial charge in [0.1, 0.15) is 5.01 Å². The molecular weight excluding hydrogens is 324 g/mol. The van der Waals surface area contributed by atoms with Gasteiger partial charge in [0.2, 0.25) is 0 Å². The van der Waals surface area contributed by atoms with Crippen molar-refractivity contribution in [3.8, 4) is 0 Å². The Bertz CT molecular complexity index is 965. The second-order valence-corrected chi connectivity index (χ2v) is 7.53. The van der Waals surface area contributed by atoms with Gasteiger partial charge in [0.25, 0.3) is 0 Å². The first-order valence-corrected chi connectivity index (χ1v) is 9.68. The van der Waals surface area contributed by atoms with Crippen LogP contribution >= 0.6 is 11.3 Å². The summed E-state index contributed by atoms with van der Waals surface area (Å²) in [5, 5.41) is 1.08. The second kappa shape index (κ2) is 6.85. The number of thiazole rings is 1. The maximum absolute atomic E-state index is 4.95. The Morgan fingerprint density at radius 1 is 1.12 bits per heavy atom. The lowest BCUT2D eigenvalue weighted by Gasteiger charge is -2.23. The molecule has 4 rings (SSSR count). The van der Waals surface area contributed by atoms with Gasteiger partial charge in [-0.1, -0.05) is 43.7 Å². The number of fused-ring (bicyclic) bond motifs is 2. The van der Waals surface area contributed by atoms with Crippen LogP contribution in [0.1, 0.15) is 35.9 Å². The van der Waals surface area contributed by atoms with E-state index in [0.29, 0.717) is 0 Å². The standard InChI is InChI=1S/C22H22N2S/c1-3-4-8-16-9-7-12-20-22(16)23-21(25-20)15-17-13-14-24(2)19-11-6-5-10-18(17)19/h5-7,9-15H,3-4,8H2,1-2H3/b17-15+. The third-order valence-electron chi connectivity index (χ3n) is 4.67. The molecule has 0 N–H and O–H groups in total. The first kappa shape index (κ1) is 16.1. The van der Waals surface area contributed by atoms with Crippen molar-refractivity contribution in [3.63, 3.8) is 0 Å². The van der Waals surface area contributed by atoms with Crippen LogP contribution in [0.15, 0.2) is 54.7 Å². The van der Waals surface area contributed by atoms with E-state index in [0.717, 1.165) is 11.4 Å². The molecule has 0 atom stereocenters. The van der Waals surface area contributed by atoms with Crippen molar-refractivity contribution in [1.29, 1.82) is 0 Å². The quantitative estimate of drug-likeness (QED) is 0.564. The number of aryl methyl sites for hydroxylation is 1. The van der Waals surface area contributed by atoms with Crippen molar-refractivity contribution in [3.05, 3.63) is 70.9 Å². The van der Waals surface area contributed by atoms with Crippen LogP contribution < -0.4 is 4.90 Å². The highest BCUT2D eigenvalue weighted by Gasteiger charge is 2.14. The largest absolute Gasteiger partial charge is 0.351 e. The Labute approximate surface area is 153 Å². The number of benzene rings is 2. The van der Waals surface area contributed by atoms with Crippen LogP contribution in [0.3, 0.4) is 0 Å². The fourth-order valence-electron chi connectivity index (χ4n) is 3.30. The molecule has 2 nitrogen and oxygen atoms in total. The molecule has 126 valence electrons. The highest BCUT2D eigenvalue weighted by Crippen LogP contribution is 2.34. The highest BCUT2D eigenvalue weighted by molar-refractivity contribution is 7.19. The van der Waals surface area contributed by atoms with Crippen molar-refractivity contribution < 1.29 is 0 Å². The minimum atomic E-state index is 1.08. The summed E-state index contributed by atoms with van der Waals surface area (Å²) >= 11 is 1.78. The van der Waals surface area contributed by atoms with Gasteiger partial charge in [-0.15, -0.1) is 11.3 Å². The Morgan fingerprint density at radius 2 is 2.00 bits per heavy atom. The first-order chi connectivity index (χ1) is 12.3. The SMILES string of the molecule is CCCCc1cccc2sc(/C=C3\C=CN(C)c4ccccc43)nc12. The van der Waals surface area contributed by atoms with E-state index in [-0.39, 0.29) is 0 Å². The number of para-hydroxylation sites is 2. The molecule has 3 heteroatoms. The molecule has 0 saturated heterocycles. The van der Waals surface area contributed by atoms with E-state index < -0.39 is 0 Å². The van der Waals surface area contributed by atoms with E-state index in [9.17, 15) is 0 Å². The van der Waals surface area contributed by atoms with Crippen LogP contribution in [-0.4, -0.2) is 12.0 Å². The predicted molar refractivity (Wildman–Crippen MR) is 110 cm³/mol. The highest BCUT2D eigenvalue weighted by atomic mass is 32.1. The van der Waals surface area contributed by atoms with Crippen molar-refractivity contribution in [2.45, 2.75) is 26.2 Å². The van der Waals surface area contributed by atoms with E-state index >= 15 is 0 Å². The van der Waals surface area contributed by atoms with Crippen LogP contribution in [0.2, 0.25) is 0 Å². The Kier molecular flexibility index (Phi) is 4.41. The van der Waals surface area contributed by atoms with Gasteiger partial charge in [-0.2, -0.15) is 0 Å². The Morgan fingerprint density at radius 3 is 2.88 bits per heavy atom. The van der Waals surface area contributed by atoms with E-state index in [2.05, 4.69) is 79.7 Å². The molecule has 0 fully saturated rings. The van der Waals surface area contributed by atoms with E-state index in [1.165, 1.54) is 45.4 Å². The van der Waals surface area contributed by atoms with Crippen LogP contribution in [0.5, 0.6) is 0 Å². The third-order valence-corrected chi connectivity index (χ3v) is 5.64. The van der Waals surface area contributed by atoms with Crippen molar-refractivity contribution in [2.24, 2.45) is 0 Å². The summed E-state index contributed by atoms with van der Waals surface area (Å²) in [7, 11) is 2.09. The number of nitrogens with zero attached hydrogens (tertiary/aromatic N) is 2. The molecule has 3 aromatic rings. The van der Waals surface area contributed by atoms with Gasteiger partial charge in [0.05, 0.1) is 10.2 Å². The van der Waals surface area contributed by atoms with Gasteiger partial charge in [0, 0.05) is 24.5 Å². The summed E-state index contributed by atoms with van der Waals surface area (Å²) in [6.45, 7) is 2.24. The normalized spacial score (nSPS) is 15.1. The number of rotatable bonds is 4. The number of hydrogen-bond donors (Lipinski definition) is 0. The van der Waals surface area contributed by atoms with E-state index in [4.69, 9.17) is 4.98 Å². The molecule has 0 spiro atoms. The maximum atomic E-state index is 4.95. The smallest absolute Gasteiger partial charge is 0.117 e. The first-order valence-electron chi connectivity index (χ1n) is 8.87. The summed E-state index contributed by atoms with van der Waals surface area (Å²) in [6.07, 6.45) is 10.1. The number of hydrogen-bond acceptors (Lipinski definition) is 3. The zero-order chi connectivity index (χ0) is 17.2. The number of anilines is 1. The summed E-state index contributed by atoms with van der Waals surface area (Å²) in [4.78, 5) is 7.11. The average molecular weight is 346 g/mol. The monoisotopic (exact) mass is 346 g/mol. The maximum Gasteiger partial charge on any atom is 0.117 e. The topological polar surface area (TPSA) is 16.1 Å². The second-order valence-electron chi connectivity index (χ2n) is 6.46. The minimum Gasteiger partial charge on any atom is -0.351 e. The molecular formula is C22H22N2S. The van der Waals surface area contributed by atoms with E-state index in [1.54, 1.807) is 11.3 Å². The summed E-state index contributed by atoms with van der Waals surface area (Å²) < 4.78 is 1.28. The van der Waals surface area contributed by atoms with Gasteiger partial charge in [-0.25, -0.2) is 4.98 Å². The van der Waals surface area contributed by atoms with Crippen LogP contribution in [0.4, 0.5) is 5.69 Å². The fourth-order valence-corrected chi connectivity index (χ4v) is 4.27. The Balaban J connectivity index is 1.76. The summed E-state index contributed by atoms with van der Waals surface area (Å²) in [5.41, 5.74) is 6.28. The van der Waals surface area contributed by atoms with Crippen molar-refractivity contribution >= 4 is 38.9 Å². The zero-order valence-corrected chi connectivity index (χ0v) is 15.5. The molecule has 0 aliphatic carbocycles. The molecule has 2 aromatic carbocycles. The van der Waals surface area contributed by atoms with Gasteiger partial charge in [-0.05, 0) is 48.3 Å². The average Bonchev–Trinajstić information content (AvgIpc) is 3.06. The lowest BCUT2D eigenvalue weighted by molar-refractivity contribution is 0.798. The Hall–Kier alpha value is -2.39. The zero-order valence-electron chi connectivity index (χ0n) is 14.7. The minimum absolute atomic E-state index is 1.08. The van der Waals surface area contributed by atoms with E-state index in [1.807, 2.05) is 0 Å². The molecule has 0 amide bonds. The number of unbranched alkanes of at least 4 members (excludes halogenated alkanes) is 1. The fraction of sp³-hybridized carbons (Fsp3) is 0.227. The molecule has 0 radical (unpaired) electrons. The van der Waals surface area contributed by atoms with Crippen molar-refractivity contribution in [2.75, 3.05) is 11.9 Å². The lowest BCUT2D eigenvalue weighted by atomic mass is 10.00. The van der Waals surface area contributed by atoms with Crippen LogP contribution in [-0.2, 0) is 6.42 Å². The van der Waals surface area contributed by atoms with Gasteiger partial charge in [0.15, 0.2) is 0 Å². The number of aromatic nitrogens is 1. The van der Waals surface area contributed by atoms with Gasteiger partial charge < -0.3 is 4.90 Å². The predicted octanol–water partition coefficient (Wildman–Crippen LogP) is 6.14. The molecule has 25 heavy (non-hydrogen) atoms. The third kappa shape index (κ3) is 3.12. The molecule has 1 aliphatic heterocycles.